The third-order valence-corrected chi connectivity index (χ3v) is 7.99. The number of alkyl halides is 5. The van der Waals surface area contributed by atoms with Gasteiger partial charge >= 0.3 is 6.18 Å². The van der Waals surface area contributed by atoms with Crippen LogP contribution in [-0.4, -0.2) is 68.7 Å². The molecule has 0 aliphatic carbocycles. The fourth-order valence-corrected chi connectivity index (χ4v) is 5.95. The summed E-state index contributed by atoms with van der Waals surface area (Å²) in [6.07, 6.45) is -3.81. The van der Waals surface area contributed by atoms with Crippen molar-refractivity contribution in [3.8, 4) is 10.4 Å². The van der Waals surface area contributed by atoms with Crippen molar-refractivity contribution in [2.24, 2.45) is 0 Å². The van der Waals surface area contributed by atoms with E-state index in [0.717, 1.165) is 49.3 Å². The zero-order chi connectivity index (χ0) is 27.8. The lowest BCUT2D eigenvalue weighted by Gasteiger charge is -2.22. The molecule has 2 amide bonds. The first-order valence-electron chi connectivity index (χ1n) is 12.3. The first-order valence-corrected chi connectivity index (χ1v) is 13.1. The number of hydrogen-bond acceptors (Lipinski definition) is 7. The van der Waals surface area contributed by atoms with E-state index in [2.05, 4.69) is 20.6 Å². The Bertz CT molecular complexity index is 1170. The molecule has 2 bridgehead atoms. The molecule has 0 saturated carbocycles. The van der Waals surface area contributed by atoms with Gasteiger partial charge < -0.3 is 20.6 Å². The standard InChI is InChI=1S/C24H28F5N5O3S/c1-3-16(24(27,28)29)32-17-8-14(20(25)26)15(9-30-17)19-18(23(37)34-12-4-5-13(34)7-6-12)33-22(38-19)21(36)31-11(2)10-35/h8-9,11-13,16,20,35H,3-7,10H2,1-2H3,(H,30,32)(H,31,36)/t11-,12-,13+,16+/m1/s1. The van der Waals surface area contributed by atoms with Gasteiger partial charge in [0.15, 0.2) is 5.01 Å². The largest absolute Gasteiger partial charge is 0.408 e. The van der Waals surface area contributed by atoms with E-state index in [0.29, 0.717) is 0 Å². The van der Waals surface area contributed by atoms with Gasteiger partial charge in [0.25, 0.3) is 18.2 Å². The first-order chi connectivity index (χ1) is 17.9. The van der Waals surface area contributed by atoms with Crippen LogP contribution in [0.15, 0.2) is 12.3 Å². The molecular weight excluding hydrogens is 533 g/mol. The van der Waals surface area contributed by atoms with Crippen LogP contribution in [0.1, 0.15) is 78.2 Å². The number of aliphatic hydroxyl groups excluding tert-OH is 1. The van der Waals surface area contributed by atoms with Crippen LogP contribution in [0, 0.1) is 0 Å². The van der Waals surface area contributed by atoms with Crippen LogP contribution >= 0.6 is 11.3 Å². The molecule has 3 N–H and O–H groups in total. The summed E-state index contributed by atoms with van der Waals surface area (Å²) in [6, 6.07) is -1.77. The highest BCUT2D eigenvalue weighted by Crippen LogP contribution is 2.42. The summed E-state index contributed by atoms with van der Waals surface area (Å²) in [4.78, 5) is 36.2. The number of anilines is 1. The van der Waals surface area contributed by atoms with Crippen molar-refractivity contribution in [1.29, 1.82) is 0 Å². The van der Waals surface area contributed by atoms with Crippen LogP contribution in [0.25, 0.3) is 10.4 Å². The topological polar surface area (TPSA) is 107 Å². The van der Waals surface area contributed by atoms with Crippen LogP contribution in [0.5, 0.6) is 0 Å². The number of nitrogens with one attached hydrogen (secondary N) is 2. The first kappa shape index (κ1) is 28.1. The van der Waals surface area contributed by atoms with Gasteiger partial charge in [0.2, 0.25) is 0 Å². The third kappa shape index (κ3) is 5.60. The number of hydrogen-bond donors (Lipinski definition) is 3. The Morgan fingerprint density at radius 3 is 2.37 bits per heavy atom. The van der Waals surface area contributed by atoms with Gasteiger partial charge in [-0.3, -0.25) is 9.59 Å². The van der Waals surface area contributed by atoms with E-state index in [1.54, 1.807) is 11.8 Å². The van der Waals surface area contributed by atoms with E-state index in [4.69, 9.17) is 0 Å². The number of carbonyl (C=O) groups excluding carboxylic acids is 2. The van der Waals surface area contributed by atoms with E-state index in [-0.39, 0.29) is 46.3 Å². The maximum Gasteiger partial charge on any atom is 0.408 e. The van der Waals surface area contributed by atoms with Crippen LogP contribution in [-0.2, 0) is 0 Å². The average molecular weight is 562 g/mol. The molecule has 2 atom stereocenters. The summed E-state index contributed by atoms with van der Waals surface area (Å²) in [7, 11) is 0. The predicted molar refractivity (Wildman–Crippen MR) is 130 cm³/mol. The molecule has 2 aromatic rings. The molecule has 2 aliphatic rings. The Morgan fingerprint density at radius 1 is 1.21 bits per heavy atom. The van der Waals surface area contributed by atoms with Crippen molar-refractivity contribution in [2.75, 3.05) is 11.9 Å². The molecule has 0 unspecified atom stereocenters. The molecule has 14 heteroatoms. The smallest absolute Gasteiger partial charge is 0.394 e. The molecule has 4 rings (SSSR count). The van der Waals surface area contributed by atoms with Gasteiger partial charge in [0, 0.05) is 35.4 Å². The molecule has 0 spiro atoms. The monoisotopic (exact) mass is 561 g/mol. The Kier molecular flexibility index (Phi) is 8.21. The third-order valence-electron chi connectivity index (χ3n) is 6.90. The Morgan fingerprint density at radius 2 is 1.84 bits per heavy atom. The van der Waals surface area contributed by atoms with Crippen LogP contribution in [0.3, 0.4) is 0 Å². The quantitative estimate of drug-likeness (QED) is 0.381. The normalized spacial score (nSPS) is 20.6. The van der Waals surface area contributed by atoms with E-state index < -0.39 is 47.9 Å². The molecule has 0 aromatic carbocycles. The van der Waals surface area contributed by atoms with Crippen molar-refractivity contribution >= 4 is 29.0 Å². The Labute approximate surface area is 219 Å². The lowest BCUT2D eigenvalue weighted by molar-refractivity contribution is -0.142. The molecule has 38 heavy (non-hydrogen) atoms. The fourth-order valence-electron chi connectivity index (χ4n) is 4.96. The van der Waals surface area contributed by atoms with Gasteiger partial charge in [0.1, 0.15) is 17.6 Å². The van der Waals surface area contributed by atoms with Gasteiger partial charge in [-0.15, -0.1) is 11.3 Å². The Hall–Kier alpha value is -2.87. The van der Waals surface area contributed by atoms with E-state index in [1.165, 1.54) is 6.92 Å². The summed E-state index contributed by atoms with van der Waals surface area (Å²) in [5, 5.41) is 13.8. The summed E-state index contributed by atoms with van der Waals surface area (Å²) >= 11 is 0.717. The number of halogens is 5. The molecular formula is C24H28F5N5O3S. The number of nitrogens with zero attached hydrogens (tertiary/aromatic N) is 3. The number of pyridine rings is 1. The van der Waals surface area contributed by atoms with Gasteiger partial charge in [0.05, 0.1) is 11.5 Å². The number of aromatic nitrogens is 2. The SMILES string of the molecule is CC[C@H](Nc1cc(C(F)F)c(-c2sc(C(=O)N[C@H](C)CO)nc2C(=O)N2[C@H]3CC[C@@H]2CC3)cn1)C(F)(F)F. The van der Waals surface area contributed by atoms with Crippen molar-refractivity contribution in [2.45, 2.75) is 82.7 Å². The maximum absolute atomic E-state index is 14.2. The summed E-state index contributed by atoms with van der Waals surface area (Å²) < 4.78 is 68.1. The van der Waals surface area contributed by atoms with Gasteiger partial charge in [-0.05, 0) is 45.1 Å². The summed E-state index contributed by atoms with van der Waals surface area (Å²) in [5.41, 5.74) is -1.01. The lowest BCUT2D eigenvalue weighted by atomic mass is 10.0. The van der Waals surface area contributed by atoms with Gasteiger partial charge in [-0.25, -0.2) is 18.7 Å². The highest BCUT2D eigenvalue weighted by molar-refractivity contribution is 7.17. The summed E-state index contributed by atoms with van der Waals surface area (Å²) in [6.45, 7) is 2.51. The number of rotatable bonds is 9. The Balaban J connectivity index is 1.77. The second-order valence-corrected chi connectivity index (χ2v) is 10.5. The van der Waals surface area contributed by atoms with Crippen molar-refractivity contribution < 1.29 is 36.6 Å². The minimum Gasteiger partial charge on any atom is -0.394 e. The second kappa shape index (κ2) is 11.1. The van der Waals surface area contributed by atoms with E-state index in [1.807, 2.05) is 0 Å². The number of fused-ring (bicyclic) bond motifs is 2. The molecule has 2 aromatic heterocycles. The lowest BCUT2D eigenvalue weighted by Crippen LogP contribution is -2.36. The highest BCUT2D eigenvalue weighted by atomic mass is 32.1. The predicted octanol–water partition coefficient (Wildman–Crippen LogP) is 4.77. The zero-order valence-corrected chi connectivity index (χ0v) is 21.5. The van der Waals surface area contributed by atoms with Crippen molar-refractivity contribution in [3.63, 3.8) is 0 Å². The van der Waals surface area contributed by atoms with Crippen LogP contribution in [0.4, 0.5) is 27.8 Å². The number of aliphatic hydroxyl groups is 1. The number of carbonyl (C=O) groups is 2. The minimum atomic E-state index is -4.61. The summed E-state index contributed by atoms with van der Waals surface area (Å²) in [5.74, 6) is -1.57. The molecule has 2 fully saturated rings. The number of thiazole rings is 1. The van der Waals surface area contributed by atoms with Gasteiger partial charge in [-0.2, -0.15) is 13.2 Å². The zero-order valence-electron chi connectivity index (χ0n) is 20.7. The molecule has 2 saturated heterocycles. The molecule has 8 nitrogen and oxygen atoms in total. The second-order valence-electron chi connectivity index (χ2n) is 9.53. The van der Waals surface area contributed by atoms with E-state index >= 15 is 0 Å². The molecule has 2 aliphatic heterocycles. The van der Waals surface area contributed by atoms with E-state index in [9.17, 15) is 36.6 Å². The van der Waals surface area contributed by atoms with Crippen LogP contribution in [0.2, 0.25) is 0 Å². The van der Waals surface area contributed by atoms with Crippen molar-refractivity contribution in [1.82, 2.24) is 20.2 Å². The number of amides is 2. The molecule has 0 radical (unpaired) electrons. The van der Waals surface area contributed by atoms with Gasteiger partial charge in [-0.1, -0.05) is 6.92 Å². The minimum absolute atomic E-state index is 0.00125. The highest BCUT2D eigenvalue weighted by Gasteiger charge is 2.44. The molecule has 208 valence electrons. The average Bonchev–Trinajstić information content (AvgIpc) is 3.60. The fraction of sp³-hybridized carbons (Fsp3) is 0.583. The maximum atomic E-state index is 14.2. The molecule has 4 heterocycles. The van der Waals surface area contributed by atoms with Crippen LogP contribution < -0.4 is 10.6 Å². The van der Waals surface area contributed by atoms with Crippen molar-refractivity contribution in [3.05, 3.63) is 28.5 Å².